The zero-order chi connectivity index (χ0) is 46.7. The Labute approximate surface area is 376 Å². The van der Waals surface area contributed by atoms with Crippen molar-refractivity contribution in [3.8, 4) is 5.75 Å². The lowest BCUT2D eigenvalue weighted by molar-refractivity contribution is -0.175. The number of methoxy groups -OCH3 is 1. The van der Waals surface area contributed by atoms with Crippen LogP contribution in [-0.4, -0.2) is 84.9 Å². The van der Waals surface area contributed by atoms with Gasteiger partial charge in [0.1, 0.15) is 41.8 Å². The summed E-state index contributed by atoms with van der Waals surface area (Å²) in [5.74, 6) is 0.0155. The molecule has 1 N–H and O–H groups in total. The van der Waals surface area contributed by atoms with Crippen molar-refractivity contribution < 1.29 is 33.0 Å². The zero-order valence-corrected chi connectivity index (χ0v) is 41.9. The Balaban J connectivity index is 1.74. The number of ether oxygens (including phenoxy) is 3. The van der Waals surface area contributed by atoms with Gasteiger partial charge in [-0.1, -0.05) is 114 Å². The predicted molar refractivity (Wildman–Crippen MR) is 253 cm³/mol. The van der Waals surface area contributed by atoms with E-state index in [2.05, 4.69) is 67.7 Å². The Morgan fingerprint density at radius 2 is 1.22 bits per heavy atom. The molecule has 0 amide bonds. The molecule has 14 heteroatoms. The van der Waals surface area contributed by atoms with E-state index in [0.29, 0.717) is 18.8 Å². The zero-order valence-electron chi connectivity index (χ0n) is 39.9. The summed E-state index contributed by atoms with van der Waals surface area (Å²) in [5, 5.41) is 12.6. The van der Waals surface area contributed by atoms with Crippen molar-refractivity contribution in [3.63, 3.8) is 0 Å². The van der Waals surface area contributed by atoms with Crippen molar-refractivity contribution in [2.24, 2.45) is 0 Å². The Bertz CT molecular complexity index is 2200. The first-order valence-corrected chi connectivity index (χ1v) is 27.7. The largest absolute Gasteiger partial charge is 0.497 e. The molecule has 3 aromatic carbocycles. The van der Waals surface area contributed by atoms with Gasteiger partial charge in [-0.3, -0.25) is 23.6 Å². The quantitative estimate of drug-likeness (QED) is 0.0863. The van der Waals surface area contributed by atoms with Crippen LogP contribution < -0.4 is 16.0 Å². The van der Waals surface area contributed by atoms with Crippen LogP contribution in [0.1, 0.15) is 85.2 Å². The van der Waals surface area contributed by atoms with E-state index in [1.54, 1.807) is 52.1 Å². The third-order valence-corrected chi connectivity index (χ3v) is 21.7. The van der Waals surface area contributed by atoms with Gasteiger partial charge in [0.2, 0.25) is 0 Å². The second-order valence-corrected chi connectivity index (χ2v) is 30.3. The lowest BCUT2D eigenvalue weighted by Gasteiger charge is -2.45. The van der Waals surface area contributed by atoms with E-state index >= 15 is 0 Å². The van der Waals surface area contributed by atoms with E-state index in [-0.39, 0.29) is 16.6 Å². The van der Waals surface area contributed by atoms with Crippen LogP contribution in [0.2, 0.25) is 36.3 Å². The van der Waals surface area contributed by atoms with Crippen LogP contribution in [0.25, 0.3) is 0 Å². The summed E-state index contributed by atoms with van der Waals surface area (Å²) >= 11 is 0. The number of nitrogens with zero attached hydrogens (tertiary/aromatic N) is 3. The number of benzene rings is 3. The molecule has 0 unspecified atom stereocenters. The topological polar surface area (TPSA) is 131 Å². The number of hydrogen-bond donors (Lipinski definition) is 1. The molecular formula is C49H71N3O9Si2. The number of hydrogen-bond acceptors (Lipinski definition) is 10. The molecule has 4 aromatic rings. The van der Waals surface area contributed by atoms with Crippen LogP contribution in [0.5, 0.6) is 5.75 Å². The molecule has 1 fully saturated rings. The molecule has 1 aromatic heterocycles. The number of aliphatic hydroxyl groups is 1. The molecule has 344 valence electrons. The third-order valence-electron chi connectivity index (χ3n) is 12.7. The second kappa shape index (κ2) is 19.5. The number of aromatic nitrogens is 2. The lowest BCUT2D eigenvalue weighted by atomic mass is 9.97. The van der Waals surface area contributed by atoms with Gasteiger partial charge in [-0.2, -0.15) is 0 Å². The minimum atomic E-state index is -2.73. The van der Waals surface area contributed by atoms with E-state index in [0.717, 1.165) is 21.3 Å². The van der Waals surface area contributed by atoms with E-state index in [9.17, 15) is 19.5 Å². The van der Waals surface area contributed by atoms with Gasteiger partial charge < -0.3 is 28.2 Å². The number of carbonyl (C=O) groups is 1. The van der Waals surface area contributed by atoms with Gasteiger partial charge in [0.15, 0.2) is 22.9 Å². The summed E-state index contributed by atoms with van der Waals surface area (Å²) in [7, 11) is -3.87. The van der Waals surface area contributed by atoms with Gasteiger partial charge in [-0.25, -0.2) is 4.79 Å². The summed E-state index contributed by atoms with van der Waals surface area (Å²) in [6.07, 6.45) is -4.41. The summed E-state index contributed by atoms with van der Waals surface area (Å²) < 4.78 is 35.8. The third kappa shape index (κ3) is 12.2. The molecule has 63 heavy (non-hydrogen) atoms. The highest BCUT2D eigenvalue weighted by atomic mass is 28.4. The Morgan fingerprint density at radius 1 is 0.730 bits per heavy atom. The molecule has 0 spiro atoms. The van der Waals surface area contributed by atoms with Gasteiger partial charge >= 0.3 is 11.7 Å². The first kappa shape index (κ1) is 49.9. The van der Waals surface area contributed by atoms with Gasteiger partial charge in [0.05, 0.1) is 13.7 Å². The van der Waals surface area contributed by atoms with Gasteiger partial charge in [0, 0.05) is 25.4 Å². The molecule has 1 aliphatic heterocycles. The minimum absolute atomic E-state index is 0.00637. The number of carbonyl (C=O) groups excluding carboxylic acids is 1. The maximum atomic E-state index is 14.8. The second-order valence-electron chi connectivity index (χ2n) is 20.8. The molecule has 0 aliphatic carbocycles. The van der Waals surface area contributed by atoms with Crippen molar-refractivity contribution >= 4 is 22.6 Å². The van der Waals surface area contributed by atoms with E-state index in [1.165, 1.54) is 16.8 Å². The summed E-state index contributed by atoms with van der Waals surface area (Å²) in [4.78, 5) is 45.0. The van der Waals surface area contributed by atoms with Crippen LogP contribution in [0.4, 0.5) is 0 Å². The number of esters is 1. The molecule has 1 saturated heterocycles. The summed E-state index contributed by atoms with van der Waals surface area (Å²) in [6.45, 7) is 27.2. The standard InChI is InChI=1S/C49H71N3O9Si2/c1-47(2,3)59-45(55)39(50(31-34-21-17-15-18-22-34)32-35-23-19-16-20-24-35)40(54)41-42(60-62(11,12)48(4,5)6)43(61-63(13,14)49(7,8)9)44(58-41)51-30-29-38(53)52(46(51)56)33-36-25-27-37(57-10)28-26-36/h15-30,39-44,54H,31-33H2,1-14H3/t39-,40+,41+,42+,43+,44+/m0/s1. The lowest BCUT2D eigenvalue weighted by Crippen LogP contribution is -2.59. The fraction of sp³-hybridized carbons (Fsp3) is 0.531. The predicted octanol–water partition coefficient (Wildman–Crippen LogP) is 8.52. The van der Waals surface area contributed by atoms with Crippen molar-refractivity contribution in [2.75, 3.05) is 7.11 Å². The molecule has 0 bridgehead atoms. The highest BCUT2D eigenvalue weighted by Gasteiger charge is 2.58. The fourth-order valence-corrected chi connectivity index (χ4v) is 9.76. The average Bonchev–Trinajstić information content (AvgIpc) is 3.51. The SMILES string of the molecule is COc1ccc(Cn2c(=O)ccn([C@@H]3O[C@H]([C@H](O)[C@@H](C(=O)OC(C)(C)C)N(Cc4ccccc4)Cc4ccccc4)[C@@H](O[Si](C)(C)C(C)(C)C)[C@H]3O[Si](C)(C)C(C)(C)C)c2=O)cc1. The van der Waals surface area contributed by atoms with Gasteiger partial charge in [-0.05, 0) is 85.9 Å². The van der Waals surface area contributed by atoms with Gasteiger partial charge in [-0.15, -0.1) is 0 Å². The van der Waals surface area contributed by atoms with Crippen LogP contribution in [0.3, 0.4) is 0 Å². The van der Waals surface area contributed by atoms with Crippen LogP contribution in [0, 0.1) is 0 Å². The smallest absolute Gasteiger partial charge is 0.333 e. The minimum Gasteiger partial charge on any atom is -0.497 e. The van der Waals surface area contributed by atoms with Crippen molar-refractivity contribution in [2.45, 2.75) is 160 Å². The molecule has 5 rings (SSSR count). The van der Waals surface area contributed by atoms with E-state index in [4.69, 9.17) is 23.1 Å². The first-order valence-electron chi connectivity index (χ1n) is 21.9. The number of rotatable bonds is 16. The van der Waals surface area contributed by atoms with Crippen LogP contribution in [-0.2, 0) is 42.8 Å². The Morgan fingerprint density at radius 3 is 1.68 bits per heavy atom. The average molecular weight is 902 g/mol. The maximum Gasteiger partial charge on any atom is 0.333 e. The highest BCUT2D eigenvalue weighted by Crippen LogP contribution is 2.46. The molecule has 2 heterocycles. The Kier molecular flexibility index (Phi) is 15.4. The molecule has 12 nitrogen and oxygen atoms in total. The molecular weight excluding hydrogens is 831 g/mol. The highest BCUT2D eigenvalue weighted by molar-refractivity contribution is 6.74. The Hall–Kier alpha value is -4.16. The van der Waals surface area contributed by atoms with Crippen molar-refractivity contribution in [1.82, 2.24) is 14.0 Å². The normalized spacial score (nSPS) is 19.8. The van der Waals surface area contributed by atoms with Crippen molar-refractivity contribution in [1.29, 1.82) is 0 Å². The maximum absolute atomic E-state index is 14.8. The first-order chi connectivity index (χ1) is 29.2. The molecule has 6 atom stereocenters. The van der Waals surface area contributed by atoms with E-state index in [1.807, 2.05) is 65.6 Å². The van der Waals surface area contributed by atoms with Crippen LogP contribution >= 0.6 is 0 Å². The van der Waals surface area contributed by atoms with Crippen LogP contribution in [0.15, 0.2) is 107 Å². The van der Waals surface area contributed by atoms with Gasteiger partial charge in [0.25, 0.3) is 5.56 Å². The van der Waals surface area contributed by atoms with E-state index < -0.39 is 76.1 Å². The summed E-state index contributed by atoms with van der Waals surface area (Å²) in [5.41, 5.74) is 0.581. The molecule has 0 radical (unpaired) electrons. The molecule has 0 saturated carbocycles. The monoisotopic (exact) mass is 901 g/mol. The van der Waals surface area contributed by atoms with Crippen molar-refractivity contribution in [3.05, 3.63) is 135 Å². The number of aliphatic hydroxyl groups excluding tert-OH is 1. The fourth-order valence-electron chi connectivity index (χ4n) is 7.18. The summed E-state index contributed by atoms with van der Waals surface area (Å²) in [6, 6.07) is 26.8. The molecule has 1 aliphatic rings.